The molecule has 0 aliphatic carbocycles. The topological polar surface area (TPSA) is 30.5 Å². The second kappa shape index (κ2) is 11.8. The lowest BCUT2D eigenvalue weighted by Crippen LogP contribution is -2.05. The van der Waals surface area contributed by atoms with E-state index in [1.165, 1.54) is 5.56 Å². The van der Waals surface area contributed by atoms with Crippen molar-refractivity contribution in [3.05, 3.63) is 90.0 Å². The second-order valence-corrected chi connectivity index (χ2v) is 7.13. The third-order valence-electron chi connectivity index (χ3n) is 4.77. The summed E-state index contributed by atoms with van der Waals surface area (Å²) in [6.45, 7) is 4.37. The molecule has 0 aromatic heterocycles. The Morgan fingerprint density at radius 1 is 0.759 bits per heavy atom. The Bertz CT molecular complexity index is 848. The van der Waals surface area contributed by atoms with Crippen LogP contribution in [0.3, 0.4) is 0 Å². The molecule has 3 rings (SSSR count). The number of para-hydroxylation sites is 1. The maximum Gasteiger partial charge on any atom is 0.124 e. The van der Waals surface area contributed by atoms with E-state index >= 15 is 0 Å². The van der Waals surface area contributed by atoms with Gasteiger partial charge in [0.25, 0.3) is 0 Å². The molecular weight excluding hydrogens is 358 g/mol. The van der Waals surface area contributed by atoms with Crippen LogP contribution in [0.5, 0.6) is 11.5 Å². The molecule has 0 spiro atoms. The molecule has 3 aromatic rings. The van der Waals surface area contributed by atoms with Crippen LogP contribution in [0.4, 0.5) is 5.69 Å². The highest BCUT2D eigenvalue weighted by atomic mass is 16.5. The number of ether oxygens (including phenoxy) is 2. The molecule has 152 valence electrons. The molecule has 0 bridgehead atoms. The molecule has 0 aliphatic rings. The lowest BCUT2D eigenvalue weighted by atomic mass is 10.1. The molecule has 0 fully saturated rings. The van der Waals surface area contributed by atoms with Crippen LogP contribution in [0.25, 0.3) is 0 Å². The number of unbranched alkanes of at least 4 members (excludes halogenated alkanes) is 1. The minimum absolute atomic E-state index is 0.715. The summed E-state index contributed by atoms with van der Waals surface area (Å²) in [5, 5.41) is 3.49. The largest absolute Gasteiger partial charge is 0.494 e. The van der Waals surface area contributed by atoms with E-state index in [1.54, 1.807) is 0 Å². The average molecular weight is 390 g/mol. The molecule has 29 heavy (non-hydrogen) atoms. The van der Waals surface area contributed by atoms with Gasteiger partial charge in [0.1, 0.15) is 11.5 Å². The molecule has 3 nitrogen and oxygen atoms in total. The number of nitrogens with one attached hydrogen (secondary N) is 1. The monoisotopic (exact) mass is 389 g/mol. The maximum atomic E-state index is 5.94. The molecule has 3 aromatic carbocycles. The zero-order valence-corrected chi connectivity index (χ0v) is 17.3. The first-order chi connectivity index (χ1) is 14.3. The van der Waals surface area contributed by atoms with Gasteiger partial charge in [-0.05, 0) is 43.0 Å². The van der Waals surface area contributed by atoms with Gasteiger partial charge in [0.2, 0.25) is 0 Å². The molecule has 0 saturated heterocycles. The van der Waals surface area contributed by atoms with Gasteiger partial charge >= 0.3 is 0 Å². The van der Waals surface area contributed by atoms with E-state index in [4.69, 9.17) is 9.47 Å². The highest BCUT2D eigenvalue weighted by Crippen LogP contribution is 2.22. The first-order valence-electron chi connectivity index (χ1n) is 10.6. The number of rotatable bonds is 12. The Hall–Kier alpha value is -2.94. The molecule has 0 saturated carbocycles. The first-order valence-corrected chi connectivity index (χ1v) is 10.6. The fourth-order valence-corrected chi connectivity index (χ4v) is 3.12. The summed E-state index contributed by atoms with van der Waals surface area (Å²) in [6, 6.07) is 26.9. The van der Waals surface area contributed by atoms with Crippen LogP contribution in [-0.4, -0.2) is 13.2 Å². The van der Waals surface area contributed by atoms with Crippen LogP contribution < -0.4 is 14.8 Å². The van der Waals surface area contributed by atoms with Crippen molar-refractivity contribution in [2.24, 2.45) is 0 Å². The SMILES string of the molecule is CCCCOc1ccccc1CNc1cccc(OCCCc2ccccc2)c1. The minimum atomic E-state index is 0.715. The van der Waals surface area contributed by atoms with E-state index in [-0.39, 0.29) is 0 Å². The molecule has 0 heterocycles. The lowest BCUT2D eigenvalue weighted by Gasteiger charge is -2.13. The Labute approximate surface area is 174 Å². The van der Waals surface area contributed by atoms with Gasteiger partial charge in [0.05, 0.1) is 13.2 Å². The highest BCUT2D eigenvalue weighted by Gasteiger charge is 2.04. The van der Waals surface area contributed by atoms with Gasteiger partial charge in [-0.1, -0.05) is 67.9 Å². The van der Waals surface area contributed by atoms with Crippen molar-refractivity contribution in [3.63, 3.8) is 0 Å². The number of hydrogen-bond acceptors (Lipinski definition) is 3. The quantitative estimate of drug-likeness (QED) is 0.359. The van der Waals surface area contributed by atoms with Crippen molar-refractivity contribution in [1.29, 1.82) is 0 Å². The summed E-state index contributed by atoms with van der Waals surface area (Å²) >= 11 is 0. The summed E-state index contributed by atoms with van der Waals surface area (Å²) in [5.74, 6) is 1.86. The number of aryl methyl sites for hydroxylation is 1. The van der Waals surface area contributed by atoms with Crippen LogP contribution in [-0.2, 0) is 13.0 Å². The van der Waals surface area contributed by atoms with Gasteiger partial charge in [-0.3, -0.25) is 0 Å². The predicted molar refractivity (Wildman–Crippen MR) is 121 cm³/mol. The van der Waals surface area contributed by atoms with Crippen LogP contribution in [0.2, 0.25) is 0 Å². The second-order valence-electron chi connectivity index (χ2n) is 7.13. The highest BCUT2D eigenvalue weighted by molar-refractivity contribution is 5.49. The van der Waals surface area contributed by atoms with Crippen molar-refractivity contribution in [1.82, 2.24) is 0 Å². The molecule has 0 atom stereocenters. The fourth-order valence-electron chi connectivity index (χ4n) is 3.12. The van der Waals surface area contributed by atoms with Crippen LogP contribution >= 0.6 is 0 Å². The number of benzene rings is 3. The van der Waals surface area contributed by atoms with E-state index < -0.39 is 0 Å². The summed E-state index contributed by atoms with van der Waals surface area (Å²) in [4.78, 5) is 0. The lowest BCUT2D eigenvalue weighted by molar-refractivity contribution is 0.306. The van der Waals surface area contributed by atoms with Crippen LogP contribution in [0, 0.1) is 0 Å². The predicted octanol–water partition coefficient (Wildman–Crippen LogP) is 6.49. The zero-order valence-electron chi connectivity index (χ0n) is 17.3. The smallest absolute Gasteiger partial charge is 0.124 e. The number of hydrogen-bond donors (Lipinski definition) is 1. The third kappa shape index (κ3) is 7.19. The average Bonchev–Trinajstić information content (AvgIpc) is 2.77. The molecule has 0 radical (unpaired) electrons. The van der Waals surface area contributed by atoms with Crippen LogP contribution in [0.1, 0.15) is 37.3 Å². The van der Waals surface area contributed by atoms with Crippen molar-refractivity contribution in [2.45, 2.75) is 39.2 Å². The van der Waals surface area contributed by atoms with Crippen molar-refractivity contribution in [2.75, 3.05) is 18.5 Å². The van der Waals surface area contributed by atoms with Gasteiger partial charge in [0.15, 0.2) is 0 Å². The summed E-state index contributed by atoms with van der Waals surface area (Å²) < 4.78 is 11.9. The summed E-state index contributed by atoms with van der Waals surface area (Å²) in [7, 11) is 0. The van der Waals surface area contributed by atoms with E-state index in [0.29, 0.717) is 6.61 Å². The minimum Gasteiger partial charge on any atom is -0.494 e. The van der Waals surface area contributed by atoms with Gasteiger partial charge in [-0.25, -0.2) is 0 Å². The molecule has 3 heteroatoms. The van der Waals surface area contributed by atoms with E-state index in [2.05, 4.69) is 60.8 Å². The molecule has 0 unspecified atom stereocenters. The van der Waals surface area contributed by atoms with Crippen molar-refractivity contribution >= 4 is 5.69 Å². The van der Waals surface area contributed by atoms with E-state index in [0.717, 1.165) is 61.6 Å². The Morgan fingerprint density at radius 3 is 2.41 bits per heavy atom. The van der Waals surface area contributed by atoms with E-state index in [9.17, 15) is 0 Å². The summed E-state index contributed by atoms with van der Waals surface area (Å²) in [6.07, 6.45) is 4.25. The Morgan fingerprint density at radius 2 is 1.55 bits per heavy atom. The Kier molecular flexibility index (Phi) is 8.46. The van der Waals surface area contributed by atoms with Crippen molar-refractivity contribution < 1.29 is 9.47 Å². The maximum absolute atomic E-state index is 5.94. The van der Waals surface area contributed by atoms with Gasteiger partial charge in [0, 0.05) is 23.9 Å². The van der Waals surface area contributed by atoms with Gasteiger partial charge in [-0.2, -0.15) is 0 Å². The van der Waals surface area contributed by atoms with E-state index in [1.807, 2.05) is 30.3 Å². The molecule has 0 aliphatic heterocycles. The standard InChI is InChI=1S/C26H31NO2/c1-2-3-18-29-26-17-8-7-14-23(26)21-27-24-15-9-16-25(20-24)28-19-10-13-22-11-5-4-6-12-22/h4-9,11-12,14-17,20,27H,2-3,10,13,18-19,21H2,1H3. The first kappa shape index (κ1) is 20.8. The zero-order chi connectivity index (χ0) is 20.2. The summed E-state index contributed by atoms with van der Waals surface area (Å²) in [5.41, 5.74) is 3.57. The number of anilines is 1. The van der Waals surface area contributed by atoms with Crippen molar-refractivity contribution in [3.8, 4) is 11.5 Å². The molecule has 0 amide bonds. The van der Waals surface area contributed by atoms with Gasteiger partial charge < -0.3 is 14.8 Å². The van der Waals surface area contributed by atoms with Gasteiger partial charge in [-0.15, -0.1) is 0 Å². The molecular formula is C26H31NO2. The Balaban J connectivity index is 1.47. The normalized spacial score (nSPS) is 10.5. The molecule has 1 N–H and O–H groups in total. The third-order valence-corrected chi connectivity index (χ3v) is 4.77. The fraction of sp³-hybridized carbons (Fsp3) is 0.308. The van der Waals surface area contributed by atoms with Crippen LogP contribution in [0.15, 0.2) is 78.9 Å².